The van der Waals surface area contributed by atoms with Crippen molar-refractivity contribution in [2.24, 2.45) is 5.41 Å². The minimum absolute atomic E-state index is 0.102. The molecule has 0 radical (unpaired) electrons. The van der Waals surface area contributed by atoms with E-state index in [-0.39, 0.29) is 23.4 Å². The Morgan fingerprint density at radius 1 is 1.33 bits per heavy atom. The maximum Gasteiger partial charge on any atom is 0.274 e. The second-order valence-electron chi connectivity index (χ2n) is 7.43. The lowest BCUT2D eigenvalue weighted by Crippen LogP contribution is -2.44. The highest BCUT2D eigenvalue weighted by molar-refractivity contribution is 5.93. The van der Waals surface area contributed by atoms with Crippen LogP contribution in [0.25, 0.3) is 0 Å². The number of hydrogen-bond donors (Lipinski definition) is 1. The molecule has 1 N–H and O–H groups in total. The summed E-state index contributed by atoms with van der Waals surface area (Å²) in [5.74, 6) is 0.593. The average molecular weight is 371 g/mol. The van der Waals surface area contributed by atoms with Crippen LogP contribution in [-0.2, 0) is 11.2 Å². The van der Waals surface area contributed by atoms with Crippen LogP contribution in [0.3, 0.4) is 0 Å². The molecule has 0 aliphatic carbocycles. The Labute approximate surface area is 158 Å². The molecule has 1 atom stereocenters. The van der Waals surface area contributed by atoms with Crippen LogP contribution in [0.15, 0.2) is 23.0 Å². The van der Waals surface area contributed by atoms with E-state index in [0.29, 0.717) is 31.7 Å². The van der Waals surface area contributed by atoms with Gasteiger partial charge >= 0.3 is 0 Å². The molecule has 1 saturated heterocycles. The smallest absolute Gasteiger partial charge is 0.274 e. The van der Waals surface area contributed by atoms with Gasteiger partial charge in [0.1, 0.15) is 11.5 Å². The molecule has 3 heterocycles. The summed E-state index contributed by atoms with van der Waals surface area (Å²) in [4.78, 5) is 35.4. The molecule has 27 heavy (non-hydrogen) atoms. The van der Waals surface area contributed by atoms with Crippen molar-refractivity contribution < 1.29 is 14.1 Å². The third-order valence-corrected chi connectivity index (χ3v) is 5.03. The van der Waals surface area contributed by atoms with Crippen molar-refractivity contribution in [2.45, 2.75) is 39.5 Å². The lowest BCUT2D eigenvalue weighted by atomic mass is 9.81. The van der Waals surface area contributed by atoms with Crippen LogP contribution in [0.1, 0.15) is 53.8 Å². The summed E-state index contributed by atoms with van der Waals surface area (Å²) in [6.07, 6.45) is 3.99. The fourth-order valence-electron chi connectivity index (χ4n) is 3.40. The Balaban J connectivity index is 1.80. The lowest BCUT2D eigenvalue weighted by molar-refractivity contribution is -0.130. The summed E-state index contributed by atoms with van der Waals surface area (Å²) in [6.45, 7) is 6.67. The minimum Gasteiger partial charge on any atom is -0.361 e. The molecule has 1 aliphatic rings. The van der Waals surface area contributed by atoms with Gasteiger partial charge in [-0.05, 0) is 19.3 Å². The number of rotatable bonds is 5. The zero-order valence-corrected chi connectivity index (χ0v) is 16.2. The van der Waals surface area contributed by atoms with Crippen molar-refractivity contribution in [1.82, 2.24) is 25.3 Å². The van der Waals surface area contributed by atoms with E-state index < -0.39 is 5.41 Å². The van der Waals surface area contributed by atoms with Gasteiger partial charge in [0.15, 0.2) is 0 Å². The molecule has 0 bridgehead atoms. The van der Waals surface area contributed by atoms with Crippen LogP contribution < -0.4 is 5.32 Å². The van der Waals surface area contributed by atoms with Crippen LogP contribution in [0.2, 0.25) is 0 Å². The first kappa shape index (κ1) is 19.0. The highest BCUT2D eigenvalue weighted by atomic mass is 16.5. The van der Waals surface area contributed by atoms with E-state index >= 15 is 0 Å². The van der Waals surface area contributed by atoms with E-state index in [0.717, 1.165) is 11.4 Å². The molecule has 3 rings (SSSR count). The predicted octanol–water partition coefficient (Wildman–Crippen LogP) is 1.72. The third kappa shape index (κ3) is 3.84. The summed E-state index contributed by atoms with van der Waals surface area (Å²) in [7, 11) is 1.61. The van der Waals surface area contributed by atoms with Gasteiger partial charge in [-0.15, -0.1) is 0 Å². The summed E-state index contributed by atoms with van der Waals surface area (Å²) in [5.41, 5.74) is 1.16. The van der Waals surface area contributed by atoms with Gasteiger partial charge in [0.05, 0.1) is 23.0 Å². The zero-order valence-electron chi connectivity index (χ0n) is 16.2. The SMILES string of the molecule is CNC(=O)C1(Cc2cc(C(C)C)no2)CCN(C(=O)c2cnc(C)cn2)C1. The van der Waals surface area contributed by atoms with Crippen molar-refractivity contribution in [3.05, 3.63) is 41.3 Å². The number of hydrogen-bond acceptors (Lipinski definition) is 6. The van der Waals surface area contributed by atoms with E-state index in [1.807, 2.05) is 26.8 Å². The minimum atomic E-state index is -0.740. The van der Waals surface area contributed by atoms with Crippen molar-refractivity contribution in [3.8, 4) is 0 Å². The third-order valence-electron chi connectivity index (χ3n) is 5.03. The number of amides is 2. The maximum atomic E-state index is 12.8. The molecule has 0 aromatic carbocycles. The highest BCUT2D eigenvalue weighted by Gasteiger charge is 2.46. The zero-order chi connectivity index (χ0) is 19.6. The van der Waals surface area contributed by atoms with Crippen LogP contribution in [-0.4, -0.2) is 52.0 Å². The molecular weight excluding hydrogens is 346 g/mol. The standard InChI is InChI=1S/C19H25N5O3/c1-12(2)15-7-14(27-23-15)8-19(18(26)20-4)5-6-24(11-19)17(25)16-10-21-13(3)9-22-16/h7,9-10,12H,5-6,8,11H2,1-4H3,(H,20,26). The fourth-order valence-corrected chi connectivity index (χ4v) is 3.40. The molecule has 2 amide bonds. The Morgan fingerprint density at radius 2 is 2.11 bits per heavy atom. The van der Waals surface area contributed by atoms with Gasteiger partial charge in [-0.1, -0.05) is 19.0 Å². The molecule has 8 heteroatoms. The number of nitrogens with zero attached hydrogens (tertiary/aromatic N) is 4. The first-order chi connectivity index (χ1) is 12.8. The second-order valence-corrected chi connectivity index (χ2v) is 7.43. The molecule has 1 unspecified atom stereocenters. The molecular formula is C19H25N5O3. The number of carbonyl (C=O) groups is 2. The molecule has 8 nitrogen and oxygen atoms in total. The van der Waals surface area contributed by atoms with E-state index in [4.69, 9.17) is 4.52 Å². The average Bonchev–Trinajstić information content (AvgIpc) is 3.29. The summed E-state index contributed by atoms with van der Waals surface area (Å²) >= 11 is 0. The maximum absolute atomic E-state index is 12.8. The number of carbonyl (C=O) groups excluding carboxylic acids is 2. The molecule has 1 aliphatic heterocycles. The first-order valence-electron chi connectivity index (χ1n) is 9.10. The van der Waals surface area contributed by atoms with Gasteiger partial charge in [0.25, 0.3) is 5.91 Å². The van der Waals surface area contributed by atoms with Gasteiger partial charge in [-0.25, -0.2) is 4.98 Å². The van der Waals surface area contributed by atoms with Gasteiger partial charge in [-0.2, -0.15) is 0 Å². The highest BCUT2D eigenvalue weighted by Crippen LogP contribution is 2.35. The monoisotopic (exact) mass is 371 g/mol. The van der Waals surface area contributed by atoms with Gasteiger partial charge in [0.2, 0.25) is 5.91 Å². The van der Waals surface area contributed by atoms with E-state index in [9.17, 15) is 9.59 Å². The van der Waals surface area contributed by atoms with E-state index in [1.165, 1.54) is 6.20 Å². The van der Waals surface area contributed by atoms with Crippen molar-refractivity contribution in [3.63, 3.8) is 0 Å². The lowest BCUT2D eigenvalue weighted by Gasteiger charge is -2.26. The fraction of sp³-hybridized carbons (Fsp3) is 0.526. The Morgan fingerprint density at radius 3 is 2.70 bits per heavy atom. The molecule has 0 saturated carbocycles. The van der Waals surface area contributed by atoms with Crippen molar-refractivity contribution in [2.75, 3.05) is 20.1 Å². The molecule has 2 aromatic heterocycles. The summed E-state index contributed by atoms with van der Waals surface area (Å²) in [5, 5.41) is 6.82. The van der Waals surface area contributed by atoms with Crippen molar-refractivity contribution >= 4 is 11.8 Å². The number of likely N-dealkylation sites (tertiary alicyclic amines) is 1. The van der Waals surface area contributed by atoms with E-state index in [1.54, 1.807) is 18.1 Å². The largest absolute Gasteiger partial charge is 0.361 e. The second kappa shape index (κ2) is 7.46. The van der Waals surface area contributed by atoms with Crippen molar-refractivity contribution in [1.29, 1.82) is 0 Å². The Hall–Kier alpha value is -2.77. The normalized spacial score (nSPS) is 19.5. The van der Waals surface area contributed by atoms with Crippen LogP contribution in [0, 0.1) is 12.3 Å². The Bertz CT molecular complexity index is 830. The van der Waals surface area contributed by atoms with Crippen LogP contribution in [0.5, 0.6) is 0 Å². The topological polar surface area (TPSA) is 101 Å². The number of aryl methyl sites for hydroxylation is 1. The summed E-state index contributed by atoms with van der Waals surface area (Å²) in [6, 6.07) is 1.89. The first-order valence-corrected chi connectivity index (χ1v) is 9.10. The number of aromatic nitrogens is 3. The van der Waals surface area contributed by atoms with E-state index in [2.05, 4.69) is 20.4 Å². The molecule has 144 valence electrons. The molecule has 0 spiro atoms. The van der Waals surface area contributed by atoms with Crippen LogP contribution in [0.4, 0.5) is 0 Å². The Kier molecular flexibility index (Phi) is 5.25. The quantitative estimate of drug-likeness (QED) is 0.859. The van der Waals surface area contributed by atoms with Crippen LogP contribution >= 0.6 is 0 Å². The van der Waals surface area contributed by atoms with Gasteiger partial charge < -0.3 is 14.7 Å². The van der Waals surface area contributed by atoms with Gasteiger partial charge in [0, 0.05) is 38.8 Å². The predicted molar refractivity (Wildman–Crippen MR) is 98.1 cm³/mol. The molecule has 1 fully saturated rings. The van der Waals surface area contributed by atoms with Gasteiger partial charge in [-0.3, -0.25) is 14.6 Å². The summed E-state index contributed by atoms with van der Waals surface area (Å²) < 4.78 is 5.45. The number of nitrogens with one attached hydrogen (secondary N) is 1. The molecule has 2 aromatic rings.